The van der Waals surface area contributed by atoms with E-state index in [9.17, 15) is 4.79 Å². The summed E-state index contributed by atoms with van der Waals surface area (Å²) in [6.45, 7) is 2.18. The van der Waals surface area contributed by atoms with E-state index in [1.54, 1.807) is 11.0 Å². The van der Waals surface area contributed by atoms with Crippen LogP contribution in [-0.2, 0) is 22.5 Å². The number of hydrogen-bond acceptors (Lipinski definition) is 4. The van der Waals surface area contributed by atoms with E-state index in [1.807, 2.05) is 11.0 Å². The molecule has 1 aliphatic rings. The zero-order valence-corrected chi connectivity index (χ0v) is 13.2. The number of rotatable bonds is 6. The van der Waals surface area contributed by atoms with Gasteiger partial charge in [-0.3, -0.25) is 4.79 Å². The van der Waals surface area contributed by atoms with Gasteiger partial charge in [-0.05, 0) is 24.8 Å². The summed E-state index contributed by atoms with van der Waals surface area (Å²) in [5, 5.41) is 3.98. The van der Waals surface area contributed by atoms with Crippen LogP contribution in [0, 0.1) is 0 Å². The molecule has 1 amide bonds. The van der Waals surface area contributed by atoms with Crippen LogP contribution in [0.25, 0.3) is 0 Å². The van der Waals surface area contributed by atoms with Gasteiger partial charge in [-0.1, -0.05) is 30.3 Å². The SMILES string of the molecule is O=C(Cn1cncn1)N1CCOC(CCCc2ccccc2)C1. The lowest BCUT2D eigenvalue weighted by molar-refractivity contribution is -0.139. The first-order valence-corrected chi connectivity index (χ1v) is 8.07. The van der Waals surface area contributed by atoms with Crippen molar-refractivity contribution in [3.05, 3.63) is 48.5 Å². The maximum absolute atomic E-state index is 12.3. The maximum atomic E-state index is 12.3. The van der Waals surface area contributed by atoms with Crippen LogP contribution in [0.2, 0.25) is 0 Å². The number of benzene rings is 1. The van der Waals surface area contributed by atoms with E-state index in [0.717, 1.165) is 19.3 Å². The van der Waals surface area contributed by atoms with Crippen LogP contribution in [0.3, 0.4) is 0 Å². The number of carbonyl (C=O) groups is 1. The molecule has 6 nitrogen and oxygen atoms in total. The van der Waals surface area contributed by atoms with Crippen LogP contribution in [0.1, 0.15) is 18.4 Å². The molecule has 122 valence electrons. The Morgan fingerprint density at radius 1 is 1.30 bits per heavy atom. The Bertz CT molecular complexity index is 600. The van der Waals surface area contributed by atoms with E-state index in [4.69, 9.17) is 4.74 Å². The second kappa shape index (κ2) is 7.87. The monoisotopic (exact) mass is 314 g/mol. The van der Waals surface area contributed by atoms with Crippen molar-refractivity contribution in [2.45, 2.75) is 31.9 Å². The van der Waals surface area contributed by atoms with Gasteiger partial charge in [0, 0.05) is 13.1 Å². The van der Waals surface area contributed by atoms with Crippen LogP contribution in [0.15, 0.2) is 43.0 Å². The minimum absolute atomic E-state index is 0.0758. The number of hydrogen-bond donors (Lipinski definition) is 0. The molecule has 0 saturated carbocycles. The van der Waals surface area contributed by atoms with Crippen LogP contribution >= 0.6 is 0 Å². The molecule has 1 aromatic heterocycles. The molecular formula is C17H22N4O2. The summed E-state index contributed by atoms with van der Waals surface area (Å²) in [7, 11) is 0. The van der Waals surface area contributed by atoms with Gasteiger partial charge in [0.15, 0.2) is 0 Å². The van der Waals surface area contributed by atoms with Crippen molar-refractivity contribution in [1.82, 2.24) is 19.7 Å². The summed E-state index contributed by atoms with van der Waals surface area (Å²) in [5.74, 6) is 0.0758. The topological polar surface area (TPSA) is 60.2 Å². The van der Waals surface area contributed by atoms with Crippen molar-refractivity contribution >= 4 is 5.91 Å². The lowest BCUT2D eigenvalue weighted by Gasteiger charge is -2.33. The van der Waals surface area contributed by atoms with Gasteiger partial charge in [-0.15, -0.1) is 0 Å². The lowest BCUT2D eigenvalue weighted by Crippen LogP contribution is -2.46. The van der Waals surface area contributed by atoms with E-state index in [-0.39, 0.29) is 18.6 Å². The molecule has 6 heteroatoms. The highest BCUT2D eigenvalue weighted by Crippen LogP contribution is 2.13. The molecule has 0 N–H and O–H groups in total. The Morgan fingerprint density at radius 2 is 2.17 bits per heavy atom. The highest BCUT2D eigenvalue weighted by molar-refractivity contribution is 5.76. The fourth-order valence-corrected chi connectivity index (χ4v) is 2.85. The highest BCUT2D eigenvalue weighted by Gasteiger charge is 2.24. The minimum atomic E-state index is 0.0758. The summed E-state index contributed by atoms with van der Waals surface area (Å²) in [4.78, 5) is 18.0. The molecule has 0 radical (unpaired) electrons. The largest absolute Gasteiger partial charge is 0.375 e. The van der Waals surface area contributed by atoms with Crippen molar-refractivity contribution in [1.29, 1.82) is 0 Å². The Hall–Kier alpha value is -2.21. The molecule has 2 aromatic rings. The Balaban J connectivity index is 1.43. The zero-order chi connectivity index (χ0) is 15.9. The molecule has 0 bridgehead atoms. The number of amides is 1. The molecule has 1 saturated heterocycles. The Morgan fingerprint density at radius 3 is 2.96 bits per heavy atom. The van der Waals surface area contributed by atoms with Crippen LogP contribution in [0.4, 0.5) is 0 Å². The van der Waals surface area contributed by atoms with Crippen molar-refractivity contribution in [2.75, 3.05) is 19.7 Å². The number of aromatic nitrogens is 3. The highest BCUT2D eigenvalue weighted by atomic mass is 16.5. The Labute approximate surface area is 136 Å². The number of nitrogens with zero attached hydrogens (tertiary/aromatic N) is 4. The average Bonchev–Trinajstić information content (AvgIpc) is 3.09. The third kappa shape index (κ3) is 4.63. The quantitative estimate of drug-likeness (QED) is 0.811. The average molecular weight is 314 g/mol. The number of morpholine rings is 1. The van der Waals surface area contributed by atoms with Crippen LogP contribution in [-0.4, -0.2) is 51.4 Å². The summed E-state index contributed by atoms with van der Waals surface area (Å²) in [6, 6.07) is 10.5. The van der Waals surface area contributed by atoms with Gasteiger partial charge in [0.1, 0.15) is 19.2 Å². The van der Waals surface area contributed by atoms with E-state index >= 15 is 0 Å². The smallest absolute Gasteiger partial charge is 0.244 e. The van der Waals surface area contributed by atoms with Gasteiger partial charge < -0.3 is 9.64 Å². The normalized spacial score (nSPS) is 18.1. The van der Waals surface area contributed by atoms with E-state index in [2.05, 4.69) is 34.3 Å². The fraction of sp³-hybridized carbons (Fsp3) is 0.471. The standard InChI is InChI=1S/C17H22N4O2/c22-17(12-21-14-18-13-19-21)20-9-10-23-16(11-20)8-4-7-15-5-2-1-3-6-15/h1-3,5-6,13-14,16H,4,7-12H2. The predicted octanol–water partition coefficient (Wildman–Crippen LogP) is 1.53. The second-order valence-corrected chi connectivity index (χ2v) is 5.80. The maximum Gasteiger partial charge on any atom is 0.244 e. The van der Waals surface area contributed by atoms with Crippen molar-refractivity contribution in [3.63, 3.8) is 0 Å². The minimum Gasteiger partial charge on any atom is -0.375 e. The molecular weight excluding hydrogens is 292 g/mol. The Kier molecular flexibility index (Phi) is 5.37. The third-order valence-electron chi connectivity index (χ3n) is 4.09. The van der Waals surface area contributed by atoms with E-state index in [1.165, 1.54) is 11.9 Å². The third-order valence-corrected chi connectivity index (χ3v) is 4.09. The predicted molar refractivity (Wildman–Crippen MR) is 85.7 cm³/mol. The van der Waals surface area contributed by atoms with Crippen molar-refractivity contribution < 1.29 is 9.53 Å². The van der Waals surface area contributed by atoms with Gasteiger partial charge >= 0.3 is 0 Å². The van der Waals surface area contributed by atoms with Gasteiger partial charge in [-0.25, -0.2) is 9.67 Å². The molecule has 0 aliphatic carbocycles. The van der Waals surface area contributed by atoms with Gasteiger partial charge in [0.2, 0.25) is 5.91 Å². The first-order valence-electron chi connectivity index (χ1n) is 8.07. The van der Waals surface area contributed by atoms with Crippen molar-refractivity contribution in [2.24, 2.45) is 0 Å². The van der Waals surface area contributed by atoms with Gasteiger partial charge in [0.25, 0.3) is 0 Å². The fourth-order valence-electron chi connectivity index (χ4n) is 2.85. The van der Waals surface area contributed by atoms with Gasteiger partial charge in [0.05, 0.1) is 12.7 Å². The molecule has 1 aliphatic heterocycles. The molecule has 1 unspecified atom stereocenters. The van der Waals surface area contributed by atoms with E-state index < -0.39 is 0 Å². The first-order chi connectivity index (χ1) is 11.3. The molecule has 3 rings (SSSR count). The van der Waals surface area contributed by atoms with Crippen LogP contribution in [0.5, 0.6) is 0 Å². The van der Waals surface area contributed by atoms with Crippen LogP contribution < -0.4 is 0 Å². The van der Waals surface area contributed by atoms with Crippen molar-refractivity contribution in [3.8, 4) is 0 Å². The molecule has 0 spiro atoms. The summed E-state index contributed by atoms with van der Waals surface area (Å²) >= 11 is 0. The number of ether oxygens (including phenoxy) is 1. The molecule has 1 aromatic carbocycles. The summed E-state index contributed by atoms with van der Waals surface area (Å²) < 4.78 is 7.36. The number of aryl methyl sites for hydroxylation is 1. The first kappa shape index (κ1) is 15.7. The molecule has 23 heavy (non-hydrogen) atoms. The molecule has 1 fully saturated rings. The van der Waals surface area contributed by atoms with E-state index in [0.29, 0.717) is 19.7 Å². The molecule has 2 heterocycles. The zero-order valence-electron chi connectivity index (χ0n) is 13.2. The summed E-state index contributed by atoms with van der Waals surface area (Å²) in [5.41, 5.74) is 1.35. The number of carbonyl (C=O) groups excluding carboxylic acids is 1. The molecule has 1 atom stereocenters. The second-order valence-electron chi connectivity index (χ2n) is 5.80. The lowest BCUT2D eigenvalue weighted by atomic mass is 10.1. The summed E-state index contributed by atoms with van der Waals surface area (Å²) in [6.07, 6.45) is 6.23. The van der Waals surface area contributed by atoms with Gasteiger partial charge in [-0.2, -0.15) is 5.10 Å².